The minimum Gasteiger partial charge on any atom is -0.295 e. The summed E-state index contributed by atoms with van der Waals surface area (Å²) in [6, 6.07) is 9.77. The molecule has 0 heterocycles. The lowest BCUT2D eigenvalue weighted by atomic mass is 10.1. The van der Waals surface area contributed by atoms with E-state index in [4.69, 9.17) is 11.6 Å². The molecule has 0 aliphatic rings. The summed E-state index contributed by atoms with van der Waals surface area (Å²) in [6.45, 7) is 0. The van der Waals surface area contributed by atoms with E-state index in [1.165, 1.54) is 0 Å². The van der Waals surface area contributed by atoms with Crippen molar-refractivity contribution >= 4 is 23.5 Å². The molecule has 1 rings (SSSR count). The third kappa shape index (κ3) is 4.24. The molecule has 1 aromatic carbocycles. The Labute approximate surface area is 89.4 Å². The van der Waals surface area contributed by atoms with Crippen LogP contribution in [0.25, 0.3) is 6.08 Å². The molecule has 0 unspecified atom stereocenters. The average molecular weight is 209 g/mol. The van der Waals surface area contributed by atoms with Gasteiger partial charge in [0.05, 0.1) is 0 Å². The molecular formula is C12H13ClO. The molecule has 0 bridgehead atoms. The van der Waals surface area contributed by atoms with Gasteiger partial charge in [-0.3, -0.25) is 4.79 Å². The summed E-state index contributed by atoms with van der Waals surface area (Å²) in [5.41, 5.74) is 1.05. The second-order valence-corrected chi connectivity index (χ2v) is 3.38. The third-order valence-corrected chi connectivity index (χ3v) is 2.09. The maximum absolute atomic E-state index is 11.2. The molecule has 0 aliphatic carbocycles. The van der Waals surface area contributed by atoms with E-state index >= 15 is 0 Å². The van der Waals surface area contributed by atoms with E-state index in [1.807, 2.05) is 36.4 Å². The average Bonchev–Trinajstić information content (AvgIpc) is 2.25. The van der Waals surface area contributed by atoms with Crippen LogP contribution in [-0.4, -0.2) is 11.7 Å². The number of hydrogen-bond acceptors (Lipinski definition) is 1. The predicted molar refractivity (Wildman–Crippen MR) is 60.4 cm³/mol. The van der Waals surface area contributed by atoms with E-state index in [-0.39, 0.29) is 5.78 Å². The molecule has 0 amide bonds. The van der Waals surface area contributed by atoms with Gasteiger partial charge >= 0.3 is 0 Å². The maximum atomic E-state index is 11.2. The Morgan fingerprint density at radius 3 is 2.64 bits per heavy atom. The van der Waals surface area contributed by atoms with E-state index < -0.39 is 0 Å². The molecule has 2 heteroatoms. The van der Waals surface area contributed by atoms with E-state index in [1.54, 1.807) is 6.08 Å². The van der Waals surface area contributed by atoms with Gasteiger partial charge in [0.15, 0.2) is 5.78 Å². The summed E-state index contributed by atoms with van der Waals surface area (Å²) in [5, 5.41) is 0. The molecule has 0 spiro atoms. The van der Waals surface area contributed by atoms with Gasteiger partial charge < -0.3 is 0 Å². The first-order chi connectivity index (χ1) is 6.83. The van der Waals surface area contributed by atoms with Gasteiger partial charge in [0, 0.05) is 12.3 Å². The topological polar surface area (TPSA) is 17.1 Å². The zero-order valence-corrected chi connectivity index (χ0v) is 8.70. The summed E-state index contributed by atoms with van der Waals surface area (Å²) in [7, 11) is 0. The van der Waals surface area contributed by atoms with Gasteiger partial charge in [0.25, 0.3) is 0 Å². The minimum atomic E-state index is 0.134. The summed E-state index contributed by atoms with van der Waals surface area (Å²) < 4.78 is 0. The van der Waals surface area contributed by atoms with Crippen molar-refractivity contribution in [1.29, 1.82) is 0 Å². The van der Waals surface area contributed by atoms with Gasteiger partial charge in [0.2, 0.25) is 0 Å². The summed E-state index contributed by atoms with van der Waals surface area (Å²) in [6.07, 6.45) is 4.73. The Kier molecular flexibility index (Phi) is 5.02. The second kappa shape index (κ2) is 6.39. The van der Waals surface area contributed by atoms with Crippen molar-refractivity contribution in [1.82, 2.24) is 0 Å². The van der Waals surface area contributed by atoms with Gasteiger partial charge in [-0.15, -0.1) is 11.6 Å². The Balaban J connectivity index is 2.44. The summed E-state index contributed by atoms with van der Waals surface area (Å²) in [4.78, 5) is 11.2. The fourth-order valence-corrected chi connectivity index (χ4v) is 1.21. The van der Waals surface area contributed by atoms with Crippen LogP contribution >= 0.6 is 11.6 Å². The highest BCUT2D eigenvalue weighted by Gasteiger charge is 1.94. The molecule has 0 saturated carbocycles. The number of carbonyl (C=O) groups excluding carboxylic acids is 1. The number of hydrogen-bond donors (Lipinski definition) is 0. The number of alkyl halides is 1. The highest BCUT2D eigenvalue weighted by molar-refractivity contribution is 6.18. The highest BCUT2D eigenvalue weighted by Crippen LogP contribution is 2.02. The van der Waals surface area contributed by atoms with Gasteiger partial charge in [0.1, 0.15) is 0 Å². The number of allylic oxidation sites excluding steroid dienone is 1. The lowest BCUT2D eigenvalue weighted by Crippen LogP contribution is -1.92. The summed E-state index contributed by atoms with van der Waals surface area (Å²) in [5.74, 6) is 0.680. The Bertz CT molecular complexity index is 303. The molecule has 74 valence electrons. The van der Waals surface area contributed by atoms with Gasteiger partial charge in [-0.2, -0.15) is 0 Å². The first-order valence-corrected chi connectivity index (χ1v) is 5.18. The van der Waals surface area contributed by atoms with E-state index in [0.717, 1.165) is 12.0 Å². The molecule has 0 fully saturated rings. The van der Waals surface area contributed by atoms with Crippen molar-refractivity contribution in [2.75, 3.05) is 5.88 Å². The predicted octanol–water partition coefficient (Wildman–Crippen LogP) is 3.29. The quantitative estimate of drug-likeness (QED) is 0.536. The van der Waals surface area contributed by atoms with E-state index in [0.29, 0.717) is 12.3 Å². The summed E-state index contributed by atoms with van der Waals surface area (Å²) >= 11 is 5.49. The van der Waals surface area contributed by atoms with Crippen LogP contribution in [-0.2, 0) is 4.79 Å². The van der Waals surface area contributed by atoms with Crippen molar-refractivity contribution in [3.05, 3.63) is 42.0 Å². The number of ketones is 1. The van der Waals surface area contributed by atoms with Crippen LogP contribution < -0.4 is 0 Å². The number of halogens is 1. The normalized spacial score (nSPS) is 10.6. The Morgan fingerprint density at radius 1 is 1.29 bits per heavy atom. The van der Waals surface area contributed by atoms with Crippen LogP contribution in [0.2, 0.25) is 0 Å². The fraction of sp³-hybridized carbons (Fsp3) is 0.250. The zero-order valence-electron chi connectivity index (χ0n) is 7.95. The molecule has 1 nitrogen and oxygen atoms in total. The van der Waals surface area contributed by atoms with Crippen LogP contribution in [0, 0.1) is 0 Å². The molecule has 1 aromatic rings. The Morgan fingerprint density at radius 2 is 2.00 bits per heavy atom. The highest BCUT2D eigenvalue weighted by atomic mass is 35.5. The van der Waals surface area contributed by atoms with Gasteiger partial charge in [-0.25, -0.2) is 0 Å². The van der Waals surface area contributed by atoms with Crippen LogP contribution in [0.5, 0.6) is 0 Å². The van der Waals surface area contributed by atoms with Crippen molar-refractivity contribution in [2.45, 2.75) is 12.8 Å². The molecule has 0 atom stereocenters. The van der Waals surface area contributed by atoms with Crippen LogP contribution in [0.1, 0.15) is 18.4 Å². The maximum Gasteiger partial charge on any atom is 0.155 e. The van der Waals surface area contributed by atoms with E-state index in [2.05, 4.69) is 0 Å². The van der Waals surface area contributed by atoms with Crippen molar-refractivity contribution < 1.29 is 4.79 Å². The molecule has 0 N–H and O–H groups in total. The smallest absolute Gasteiger partial charge is 0.155 e. The van der Waals surface area contributed by atoms with E-state index in [9.17, 15) is 4.79 Å². The van der Waals surface area contributed by atoms with Gasteiger partial charge in [-0.05, 0) is 18.1 Å². The zero-order chi connectivity index (χ0) is 10.2. The van der Waals surface area contributed by atoms with Crippen molar-refractivity contribution in [3.63, 3.8) is 0 Å². The number of carbonyl (C=O) groups is 1. The monoisotopic (exact) mass is 208 g/mol. The molecular weight excluding hydrogens is 196 g/mol. The standard InChI is InChI=1S/C12H13ClO/c13-10-4-7-12(14)9-8-11-5-2-1-3-6-11/h1-3,5-6,8-9H,4,7,10H2. The SMILES string of the molecule is O=C(C=Cc1ccccc1)CCCCl. The minimum absolute atomic E-state index is 0.134. The van der Waals surface area contributed by atoms with Crippen LogP contribution in [0.15, 0.2) is 36.4 Å². The van der Waals surface area contributed by atoms with Crippen LogP contribution in [0.4, 0.5) is 0 Å². The fourth-order valence-electron chi connectivity index (χ4n) is 1.08. The molecule has 0 aromatic heterocycles. The second-order valence-electron chi connectivity index (χ2n) is 3.00. The van der Waals surface area contributed by atoms with Crippen LogP contribution in [0.3, 0.4) is 0 Å². The molecule has 0 saturated heterocycles. The molecule has 0 radical (unpaired) electrons. The third-order valence-electron chi connectivity index (χ3n) is 1.82. The van der Waals surface area contributed by atoms with Crippen molar-refractivity contribution in [2.24, 2.45) is 0 Å². The number of benzene rings is 1. The first kappa shape index (κ1) is 11.0. The largest absolute Gasteiger partial charge is 0.295 e. The lowest BCUT2D eigenvalue weighted by molar-refractivity contribution is -0.114. The first-order valence-electron chi connectivity index (χ1n) is 4.65. The van der Waals surface area contributed by atoms with Crippen molar-refractivity contribution in [3.8, 4) is 0 Å². The molecule has 14 heavy (non-hydrogen) atoms. The Hall–Kier alpha value is -1.08. The van der Waals surface area contributed by atoms with Gasteiger partial charge in [-0.1, -0.05) is 36.4 Å². The molecule has 0 aliphatic heterocycles. The lowest BCUT2D eigenvalue weighted by Gasteiger charge is -1.92. The number of rotatable bonds is 5.